The Morgan fingerprint density at radius 1 is 1.22 bits per heavy atom. The fourth-order valence-electron chi connectivity index (χ4n) is 1.53. The monoisotopic (exact) mass is 279 g/mol. The first-order valence-corrected chi connectivity index (χ1v) is 7.79. The molecule has 0 saturated carbocycles. The lowest BCUT2D eigenvalue weighted by Gasteiger charge is -2.32. The van der Waals surface area contributed by atoms with Crippen molar-refractivity contribution in [3.05, 3.63) is 0 Å². The van der Waals surface area contributed by atoms with Crippen LogP contribution < -0.4 is 0 Å². The van der Waals surface area contributed by atoms with Gasteiger partial charge in [-0.15, -0.1) is 0 Å². The van der Waals surface area contributed by atoms with E-state index in [1.165, 1.54) is 0 Å². The average Bonchev–Trinajstić information content (AvgIpc) is 2.34. The molecule has 0 aromatic rings. The van der Waals surface area contributed by atoms with E-state index in [0.29, 0.717) is 12.6 Å². The summed E-state index contributed by atoms with van der Waals surface area (Å²) in [5.74, 6) is -0.835. The van der Waals surface area contributed by atoms with Crippen LogP contribution >= 0.6 is 0 Å². The molecule has 1 N–H and O–H groups in total. The zero-order valence-corrected chi connectivity index (χ0v) is 13.1. The third-order valence-electron chi connectivity index (χ3n) is 3.39. The van der Waals surface area contributed by atoms with Crippen molar-refractivity contribution >= 4 is 14.8 Å². The van der Waals surface area contributed by atoms with Crippen LogP contribution in [-0.4, -0.2) is 65.2 Å². The van der Waals surface area contributed by atoms with Crippen molar-refractivity contribution in [2.45, 2.75) is 31.9 Å². The summed E-state index contributed by atoms with van der Waals surface area (Å²) < 4.78 is 15.9. The van der Waals surface area contributed by atoms with Gasteiger partial charge < -0.3 is 18.4 Å². The zero-order chi connectivity index (χ0) is 14.4. The predicted molar refractivity (Wildman–Crippen MR) is 70.5 cm³/mol. The number of hydrogen-bond acceptors (Lipinski definition) is 5. The lowest BCUT2D eigenvalue weighted by molar-refractivity contribution is -0.148. The van der Waals surface area contributed by atoms with Gasteiger partial charge in [0.2, 0.25) is 0 Å². The molecule has 0 aromatic heterocycles. The van der Waals surface area contributed by atoms with Crippen LogP contribution in [0.25, 0.3) is 0 Å². The molecule has 0 unspecified atom stereocenters. The fraction of sp³-hybridized carbons (Fsp3) is 0.909. The van der Waals surface area contributed by atoms with Crippen LogP contribution in [0.4, 0.5) is 0 Å². The van der Waals surface area contributed by atoms with Crippen molar-refractivity contribution in [2.24, 2.45) is 0 Å². The van der Waals surface area contributed by atoms with Gasteiger partial charge >= 0.3 is 14.8 Å². The molecule has 0 heterocycles. The van der Waals surface area contributed by atoms with Crippen LogP contribution in [0.5, 0.6) is 0 Å². The number of carboxylic acids is 1. The van der Waals surface area contributed by atoms with Crippen molar-refractivity contribution in [3.8, 4) is 0 Å². The number of likely N-dealkylation sites (N-methyl/N-ethyl adjacent to an activating group) is 1. The summed E-state index contributed by atoms with van der Waals surface area (Å²) in [7, 11) is 3.97. The molecule has 0 aromatic carbocycles. The van der Waals surface area contributed by atoms with Crippen LogP contribution in [0.15, 0.2) is 0 Å². The summed E-state index contributed by atoms with van der Waals surface area (Å²) in [6, 6.07) is 0.663. The van der Waals surface area contributed by atoms with Crippen LogP contribution in [0.2, 0.25) is 6.04 Å². The highest BCUT2D eigenvalue weighted by atomic mass is 28.4. The van der Waals surface area contributed by atoms with Crippen molar-refractivity contribution in [2.75, 3.05) is 34.9 Å². The summed E-state index contributed by atoms with van der Waals surface area (Å²) in [5.41, 5.74) is -0.878. The van der Waals surface area contributed by atoms with E-state index in [2.05, 4.69) is 0 Å². The molecule has 0 atom stereocenters. The Kier molecular flexibility index (Phi) is 7.01. The maximum atomic E-state index is 11.1. The molecule has 0 spiro atoms. The van der Waals surface area contributed by atoms with Crippen LogP contribution in [0.3, 0.4) is 0 Å². The third kappa shape index (κ3) is 4.32. The van der Waals surface area contributed by atoms with Gasteiger partial charge in [-0.3, -0.25) is 9.69 Å². The minimum Gasteiger partial charge on any atom is -0.480 e. The summed E-state index contributed by atoms with van der Waals surface area (Å²) in [5, 5.41) is 9.10. The molecule has 0 bridgehead atoms. The number of carbonyl (C=O) groups is 1. The molecule has 0 radical (unpaired) electrons. The second-order valence-corrected chi connectivity index (χ2v) is 7.78. The highest BCUT2D eigenvalue weighted by molar-refractivity contribution is 6.60. The molecule has 108 valence electrons. The van der Waals surface area contributed by atoms with E-state index in [0.717, 1.165) is 6.42 Å². The Hall–Kier alpha value is -0.473. The van der Waals surface area contributed by atoms with E-state index in [1.807, 2.05) is 0 Å². The first-order chi connectivity index (χ1) is 8.25. The molecular formula is C11H25NO5Si. The summed E-state index contributed by atoms with van der Waals surface area (Å²) in [4.78, 5) is 12.9. The van der Waals surface area contributed by atoms with Gasteiger partial charge in [-0.2, -0.15) is 0 Å². The number of rotatable bonds is 9. The standard InChI is InChI=1S/C11H25NO5Si/c1-11(2,10(13)14)12(3)8-7-9-18(15-4,16-5)17-6/h7-9H2,1-6H3,(H,13,14). The maximum Gasteiger partial charge on any atom is 0.500 e. The first-order valence-electron chi connectivity index (χ1n) is 5.86. The number of nitrogens with zero attached hydrogens (tertiary/aromatic N) is 1. The largest absolute Gasteiger partial charge is 0.500 e. The van der Waals surface area contributed by atoms with E-state index >= 15 is 0 Å². The van der Waals surface area contributed by atoms with Crippen LogP contribution in [-0.2, 0) is 18.1 Å². The molecule has 0 aliphatic rings. The Labute approximate surface area is 110 Å². The smallest absolute Gasteiger partial charge is 0.480 e. The van der Waals surface area contributed by atoms with Crippen molar-refractivity contribution in [3.63, 3.8) is 0 Å². The summed E-state index contributed by atoms with van der Waals surface area (Å²) in [6.07, 6.45) is 0.759. The van der Waals surface area contributed by atoms with E-state index in [1.54, 1.807) is 47.1 Å². The number of hydrogen-bond donors (Lipinski definition) is 1. The van der Waals surface area contributed by atoms with Gasteiger partial charge in [0.1, 0.15) is 5.54 Å². The van der Waals surface area contributed by atoms with E-state index in [-0.39, 0.29) is 0 Å². The Bertz CT molecular complexity index is 260. The molecule has 18 heavy (non-hydrogen) atoms. The SMILES string of the molecule is CO[Si](CCCN(C)C(C)(C)C(=O)O)(OC)OC. The minimum absolute atomic E-state index is 0.643. The average molecular weight is 279 g/mol. The number of carboxylic acid groups (broad SMARTS) is 1. The van der Waals surface area contributed by atoms with Crippen molar-refractivity contribution < 1.29 is 23.2 Å². The number of aliphatic carboxylic acids is 1. The molecule has 6 nitrogen and oxygen atoms in total. The highest BCUT2D eigenvalue weighted by Gasteiger charge is 2.38. The van der Waals surface area contributed by atoms with E-state index in [4.69, 9.17) is 18.4 Å². The lowest BCUT2D eigenvalue weighted by atomic mass is 10.0. The van der Waals surface area contributed by atoms with Crippen molar-refractivity contribution in [1.82, 2.24) is 4.90 Å². The zero-order valence-electron chi connectivity index (χ0n) is 12.1. The van der Waals surface area contributed by atoms with Gasteiger partial charge in [0.05, 0.1) is 0 Å². The minimum atomic E-state index is -2.54. The van der Waals surface area contributed by atoms with Gasteiger partial charge in [0.15, 0.2) is 0 Å². The Morgan fingerprint density at radius 2 is 1.67 bits per heavy atom. The molecule has 0 amide bonds. The molecule has 7 heteroatoms. The maximum absolute atomic E-state index is 11.1. The molecule has 0 aliphatic carbocycles. The topological polar surface area (TPSA) is 68.2 Å². The molecule has 0 aliphatic heterocycles. The summed E-state index contributed by atoms with van der Waals surface area (Å²) >= 11 is 0. The summed E-state index contributed by atoms with van der Waals surface area (Å²) in [6.45, 7) is 4.01. The van der Waals surface area contributed by atoms with Crippen LogP contribution in [0.1, 0.15) is 20.3 Å². The molecule has 0 fully saturated rings. The van der Waals surface area contributed by atoms with Gasteiger partial charge in [-0.25, -0.2) is 0 Å². The Balaban J connectivity index is 4.31. The highest BCUT2D eigenvalue weighted by Crippen LogP contribution is 2.18. The predicted octanol–water partition coefficient (Wildman–Crippen LogP) is 1.05. The Morgan fingerprint density at radius 3 is 2.00 bits per heavy atom. The first kappa shape index (κ1) is 17.5. The molecule has 0 saturated heterocycles. The second kappa shape index (κ2) is 7.20. The lowest BCUT2D eigenvalue weighted by Crippen LogP contribution is -2.49. The third-order valence-corrected chi connectivity index (χ3v) is 6.22. The van der Waals surface area contributed by atoms with Gasteiger partial charge in [-0.1, -0.05) is 0 Å². The van der Waals surface area contributed by atoms with Gasteiger partial charge in [0.25, 0.3) is 0 Å². The quantitative estimate of drug-likeness (QED) is 0.636. The fourth-order valence-corrected chi connectivity index (χ4v) is 3.24. The van der Waals surface area contributed by atoms with E-state index in [9.17, 15) is 4.79 Å². The van der Waals surface area contributed by atoms with E-state index < -0.39 is 20.3 Å². The van der Waals surface area contributed by atoms with Crippen molar-refractivity contribution in [1.29, 1.82) is 0 Å². The molecule has 0 rings (SSSR count). The molecular weight excluding hydrogens is 254 g/mol. The second-order valence-electron chi connectivity index (χ2n) is 4.68. The van der Waals surface area contributed by atoms with Gasteiger partial charge in [-0.05, 0) is 33.9 Å². The normalized spacial score (nSPS) is 13.1. The van der Waals surface area contributed by atoms with Crippen LogP contribution in [0, 0.1) is 0 Å². The van der Waals surface area contributed by atoms with Gasteiger partial charge in [0, 0.05) is 27.4 Å².